The number of hydrogen-bond acceptors (Lipinski definition) is 7. The van der Waals surface area contributed by atoms with Crippen molar-refractivity contribution in [3.05, 3.63) is 42.0 Å². The zero-order chi connectivity index (χ0) is 14.4. The van der Waals surface area contributed by atoms with Crippen LogP contribution < -0.4 is 5.32 Å². The summed E-state index contributed by atoms with van der Waals surface area (Å²) in [4.78, 5) is 0.615. The first-order valence-electron chi connectivity index (χ1n) is 5.57. The monoisotopic (exact) mass is 299 g/mol. The summed E-state index contributed by atoms with van der Waals surface area (Å²) >= 11 is 2.65. The second-order valence-electron chi connectivity index (χ2n) is 3.55. The number of anilines is 1. The highest BCUT2D eigenvalue weighted by molar-refractivity contribution is 8.01. The van der Waals surface area contributed by atoms with E-state index in [0.29, 0.717) is 32.0 Å². The maximum absolute atomic E-state index is 9.11. The molecule has 0 unspecified atom stereocenters. The zero-order valence-corrected chi connectivity index (χ0v) is 12.0. The Labute approximate surface area is 124 Å². The van der Waals surface area contributed by atoms with E-state index in [4.69, 9.17) is 10.5 Å². The van der Waals surface area contributed by atoms with Crippen molar-refractivity contribution in [2.45, 2.75) is 9.24 Å². The SMILES string of the molecule is C=CCNc1nnc(Sc2c(C#N)cccc2C#N)s1. The van der Waals surface area contributed by atoms with Gasteiger partial charge in [-0.25, -0.2) is 0 Å². The summed E-state index contributed by atoms with van der Waals surface area (Å²) < 4.78 is 0.677. The molecule has 0 radical (unpaired) electrons. The minimum Gasteiger partial charge on any atom is -0.357 e. The maximum atomic E-state index is 9.11. The zero-order valence-electron chi connectivity index (χ0n) is 10.3. The molecule has 1 aromatic heterocycles. The third-order valence-corrected chi connectivity index (χ3v) is 4.33. The maximum Gasteiger partial charge on any atom is 0.206 e. The first kappa shape index (κ1) is 14.1. The number of benzene rings is 1. The van der Waals surface area contributed by atoms with Crippen LogP contribution >= 0.6 is 23.1 Å². The quantitative estimate of drug-likeness (QED) is 0.854. The third kappa shape index (κ3) is 3.15. The topological polar surface area (TPSA) is 85.4 Å². The van der Waals surface area contributed by atoms with Gasteiger partial charge in [-0.05, 0) is 12.1 Å². The number of rotatable bonds is 5. The molecule has 2 rings (SSSR count). The molecule has 0 spiro atoms. The fraction of sp³-hybridized carbons (Fsp3) is 0.0769. The molecule has 5 nitrogen and oxygen atoms in total. The van der Waals surface area contributed by atoms with Crippen LogP contribution in [0.25, 0.3) is 0 Å². The van der Waals surface area contributed by atoms with Gasteiger partial charge in [0.2, 0.25) is 5.13 Å². The lowest BCUT2D eigenvalue weighted by Gasteiger charge is -2.02. The second-order valence-corrected chi connectivity index (χ2v) is 5.79. The molecule has 7 heteroatoms. The smallest absolute Gasteiger partial charge is 0.206 e. The molecule has 0 aliphatic rings. The van der Waals surface area contributed by atoms with E-state index in [2.05, 4.69) is 34.2 Å². The molecule has 1 heterocycles. The van der Waals surface area contributed by atoms with Crippen molar-refractivity contribution in [2.75, 3.05) is 11.9 Å². The Morgan fingerprint density at radius 3 is 2.60 bits per heavy atom. The lowest BCUT2D eigenvalue weighted by molar-refractivity contribution is 1.01. The first-order valence-corrected chi connectivity index (χ1v) is 7.21. The number of nitriles is 2. The van der Waals surface area contributed by atoms with Gasteiger partial charge in [0.25, 0.3) is 0 Å². The molecule has 0 amide bonds. The van der Waals surface area contributed by atoms with Crippen molar-refractivity contribution in [1.29, 1.82) is 10.5 Å². The Morgan fingerprint density at radius 2 is 2.00 bits per heavy atom. The largest absolute Gasteiger partial charge is 0.357 e. The Hall–Kier alpha value is -2.35. The van der Waals surface area contributed by atoms with Gasteiger partial charge in [-0.15, -0.1) is 16.8 Å². The van der Waals surface area contributed by atoms with Gasteiger partial charge in [0.05, 0.1) is 16.0 Å². The number of aromatic nitrogens is 2. The Balaban J connectivity index is 2.26. The van der Waals surface area contributed by atoms with Gasteiger partial charge < -0.3 is 5.32 Å². The summed E-state index contributed by atoms with van der Waals surface area (Å²) in [5.74, 6) is 0. The van der Waals surface area contributed by atoms with Crippen molar-refractivity contribution < 1.29 is 0 Å². The average molecular weight is 299 g/mol. The molecule has 0 bridgehead atoms. The summed E-state index contributed by atoms with van der Waals surface area (Å²) in [7, 11) is 0. The minimum absolute atomic E-state index is 0.463. The van der Waals surface area contributed by atoms with E-state index in [-0.39, 0.29) is 0 Å². The molecule has 2 aromatic rings. The lowest BCUT2D eigenvalue weighted by atomic mass is 10.1. The van der Waals surface area contributed by atoms with Gasteiger partial charge in [0.1, 0.15) is 12.1 Å². The van der Waals surface area contributed by atoms with Crippen molar-refractivity contribution in [1.82, 2.24) is 10.2 Å². The van der Waals surface area contributed by atoms with Crippen LogP contribution in [0.15, 0.2) is 40.1 Å². The van der Waals surface area contributed by atoms with E-state index in [1.165, 1.54) is 23.1 Å². The van der Waals surface area contributed by atoms with E-state index in [0.717, 1.165) is 0 Å². The molecular weight excluding hydrogens is 290 g/mol. The van der Waals surface area contributed by atoms with Crippen molar-refractivity contribution in [2.24, 2.45) is 0 Å². The summed E-state index contributed by atoms with van der Waals surface area (Å²) in [5, 5.41) is 30.0. The van der Waals surface area contributed by atoms with Crippen molar-refractivity contribution >= 4 is 28.2 Å². The normalized spacial score (nSPS) is 9.50. The van der Waals surface area contributed by atoms with E-state index in [9.17, 15) is 0 Å². The second kappa shape index (κ2) is 6.71. The highest BCUT2D eigenvalue weighted by Crippen LogP contribution is 2.35. The molecule has 20 heavy (non-hydrogen) atoms. The summed E-state index contributed by atoms with van der Waals surface area (Å²) in [6.45, 7) is 4.22. The van der Waals surface area contributed by atoms with Gasteiger partial charge in [-0.2, -0.15) is 10.5 Å². The summed E-state index contributed by atoms with van der Waals surface area (Å²) in [6, 6.07) is 9.23. The number of hydrogen-bond donors (Lipinski definition) is 1. The van der Waals surface area contributed by atoms with E-state index in [1.54, 1.807) is 24.3 Å². The fourth-order valence-corrected chi connectivity index (χ4v) is 3.23. The van der Waals surface area contributed by atoms with Gasteiger partial charge in [-0.1, -0.05) is 35.2 Å². The molecule has 1 N–H and O–H groups in total. The Morgan fingerprint density at radius 1 is 1.30 bits per heavy atom. The Bertz CT molecular complexity index is 676. The standard InChI is InChI=1S/C13H9N5S2/c1-2-6-16-12-17-18-13(20-12)19-11-9(7-14)4-3-5-10(11)8-15/h2-5H,1,6H2,(H,16,17). The highest BCUT2D eigenvalue weighted by atomic mass is 32.2. The predicted molar refractivity (Wildman–Crippen MR) is 78.6 cm³/mol. The molecule has 0 saturated carbocycles. The molecule has 0 fully saturated rings. The van der Waals surface area contributed by atoms with Crippen LogP contribution in [0.4, 0.5) is 5.13 Å². The van der Waals surface area contributed by atoms with E-state index in [1.807, 2.05) is 0 Å². The third-order valence-electron chi connectivity index (χ3n) is 2.25. The summed E-state index contributed by atoms with van der Waals surface area (Å²) in [5.41, 5.74) is 0.926. The molecule has 0 atom stereocenters. The first-order chi connectivity index (χ1) is 9.78. The van der Waals surface area contributed by atoms with E-state index >= 15 is 0 Å². The molecular formula is C13H9N5S2. The van der Waals surface area contributed by atoms with Gasteiger partial charge in [0, 0.05) is 6.54 Å². The lowest BCUT2D eigenvalue weighted by Crippen LogP contribution is -1.96. The highest BCUT2D eigenvalue weighted by Gasteiger charge is 2.13. The van der Waals surface area contributed by atoms with Crippen LogP contribution in [0.1, 0.15) is 11.1 Å². The van der Waals surface area contributed by atoms with E-state index < -0.39 is 0 Å². The van der Waals surface area contributed by atoms with Crippen LogP contribution in [-0.4, -0.2) is 16.7 Å². The van der Waals surface area contributed by atoms with Crippen LogP contribution in [0.2, 0.25) is 0 Å². The number of nitrogens with one attached hydrogen (secondary N) is 1. The van der Waals surface area contributed by atoms with Gasteiger partial charge in [-0.3, -0.25) is 0 Å². The molecule has 0 aliphatic heterocycles. The Kier molecular flexibility index (Phi) is 4.72. The van der Waals surface area contributed by atoms with Gasteiger partial charge >= 0.3 is 0 Å². The minimum atomic E-state index is 0.463. The van der Waals surface area contributed by atoms with Crippen LogP contribution in [0.5, 0.6) is 0 Å². The molecule has 0 aliphatic carbocycles. The van der Waals surface area contributed by atoms with Crippen LogP contribution in [-0.2, 0) is 0 Å². The van der Waals surface area contributed by atoms with Crippen molar-refractivity contribution in [3.63, 3.8) is 0 Å². The molecule has 98 valence electrons. The van der Waals surface area contributed by atoms with Gasteiger partial charge in [0.15, 0.2) is 4.34 Å². The fourth-order valence-electron chi connectivity index (χ4n) is 1.39. The van der Waals surface area contributed by atoms with Crippen LogP contribution in [0, 0.1) is 22.7 Å². The molecule has 1 aromatic carbocycles. The number of nitrogens with zero attached hydrogens (tertiary/aromatic N) is 4. The molecule has 0 saturated heterocycles. The van der Waals surface area contributed by atoms with Crippen molar-refractivity contribution in [3.8, 4) is 12.1 Å². The average Bonchev–Trinajstić information content (AvgIpc) is 2.93. The van der Waals surface area contributed by atoms with Crippen LogP contribution in [0.3, 0.4) is 0 Å². The summed E-state index contributed by atoms with van der Waals surface area (Å²) in [6.07, 6.45) is 1.73. The predicted octanol–water partition coefficient (Wildman–Crippen LogP) is 3.03.